The molecule has 0 bridgehead atoms. The largest absolute Gasteiger partial charge is 0.480 e. The molecule has 3 N–H and O–H groups in total. The Bertz CT molecular complexity index is 238. The lowest BCUT2D eigenvalue weighted by atomic mass is 10.2. The Morgan fingerprint density at radius 2 is 1.94 bits per heavy atom. The first-order valence-electron chi connectivity index (χ1n) is 4.72. The fourth-order valence-corrected chi connectivity index (χ4v) is 1.93. The van der Waals surface area contributed by atoms with E-state index in [1.807, 2.05) is 6.26 Å². The van der Waals surface area contributed by atoms with Crippen molar-refractivity contribution in [2.24, 2.45) is 0 Å². The number of carboxylic acids is 1. The van der Waals surface area contributed by atoms with E-state index in [-0.39, 0.29) is 5.75 Å². The smallest absolute Gasteiger partial charge is 0.326 e. The topological polar surface area (TPSA) is 86.6 Å². The third kappa shape index (κ3) is 6.24. The van der Waals surface area contributed by atoms with Crippen molar-refractivity contribution in [2.75, 3.05) is 24.0 Å². The Kier molecular flexibility index (Phi) is 8.50. The van der Waals surface area contributed by atoms with Gasteiger partial charge < -0.3 is 15.5 Å². The van der Waals surface area contributed by atoms with E-state index < -0.39 is 24.0 Å². The summed E-state index contributed by atoms with van der Waals surface area (Å²) in [4.78, 5) is 22.2. The maximum atomic E-state index is 11.4. The van der Waals surface area contributed by atoms with Gasteiger partial charge in [-0.25, -0.2) is 4.79 Å². The summed E-state index contributed by atoms with van der Waals surface area (Å²) in [5, 5.41) is 20.5. The van der Waals surface area contributed by atoms with Crippen molar-refractivity contribution in [3.05, 3.63) is 0 Å². The minimum absolute atomic E-state index is 0.265. The Morgan fingerprint density at radius 3 is 2.38 bits per heavy atom. The predicted octanol–water partition coefficient (Wildman–Crippen LogP) is 0.0328. The number of aliphatic hydroxyl groups excluding tert-OH is 1. The lowest BCUT2D eigenvalue weighted by Gasteiger charge is -2.16. The Hall–Kier alpha value is -0.400. The van der Waals surface area contributed by atoms with Gasteiger partial charge in [0.1, 0.15) is 12.1 Å². The van der Waals surface area contributed by atoms with Crippen molar-refractivity contribution in [3.8, 4) is 0 Å². The number of rotatable bonds is 8. The number of amides is 1. The zero-order chi connectivity index (χ0) is 12.6. The van der Waals surface area contributed by atoms with Crippen LogP contribution in [0.2, 0.25) is 0 Å². The van der Waals surface area contributed by atoms with E-state index in [0.717, 1.165) is 0 Å². The van der Waals surface area contributed by atoms with Crippen LogP contribution >= 0.6 is 23.5 Å². The van der Waals surface area contributed by atoms with Crippen LogP contribution in [0.1, 0.15) is 6.42 Å². The highest BCUT2D eigenvalue weighted by Gasteiger charge is 2.23. The molecule has 0 spiro atoms. The maximum Gasteiger partial charge on any atom is 0.326 e. The minimum Gasteiger partial charge on any atom is -0.480 e. The van der Waals surface area contributed by atoms with Crippen LogP contribution in [-0.2, 0) is 9.59 Å². The molecule has 0 aliphatic heterocycles. The second kappa shape index (κ2) is 8.72. The number of aliphatic hydroxyl groups is 1. The van der Waals surface area contributed by atoms with Crippen molar-refractivity contribution in [1.29, 1.82) is 0 Å². The van der Waals surface area contributed by atoms with Gasteiger partial charge in [0.25, 0.3) is 0 Å². The summed E-state index contributed by atoms with van der Waals surface area (Å²) in [7, 11) is 0. The van der Waals surface area contributed by atoms with Gasteiger partial charge in [-0.05, 0) is 24.7 Å². The van der Waals surface area contributed by atoms with Gasteiger partial charge in [-0.1, -0.05) is 0 Å². The molecule has 1 amide bonds. The molecular formula is C9H17NO4S2. The van der Waals surface area contributed by atoms with Crippen LogP contribution in [0, 0.1) is 0 Å². The Morgan fingerprint density at radius 1 is 1.31 bits per heavy atom. The van der Waals surface area contributed by atoms with Crippen LogP contribution in [-0.4, -0.2) is 58.3 Å². The van der Waals surface area contributed by atoms with E-state index in [4.69, 9.17) is 5.11 Å². The third-order valence-electron chi connectivity index (χ3n) is 1.85. The highest BCUT2D eigenvalue weighted by Crippen LogP contribution is 2.03. The SMILES string of the molecule is CSCCC(NC(=O)C(O)CSC)C(=O)O. The standard InChI is InChI=1S/C9H17NO4S2/c1-15-4-3-6(9(13)14)10-8(12)7(11)5-16-2/h6-7,11H,3-5H2,1-2H3,(H,10,12)(H,13,14). The van der Waals surface area contributed by atoms with Gasteiger partial charge in [0, 0.05) is 5.75 Å². The summed E-state index contributed by atoms with van der Waals surface area (Å²) in [5.74, 6) is -0.780. The summed E-state index contributed by atoms with van der Waals surface area (Å²) in [6.45, 7) is 0. The third-order valence-corrected chi connectivity index (χ3v) is 3.15. The summed E-state index contributed by atoms with van der Waals surface area (Å²) < 4.78 is 0. The molecule has 0 aromatic rings. The fraction of sp³-hybridized carbons (Fsp3) is 0.778. The first-order valence-corrected chi connectivity index (χ1v) is 7.50. The van der Waals surface area contributed by atoms with Crippen molar-refractivity contribution >= 4 is 35.4 Å². The van der Waals surface area contributed by atoms with Gasteiger partial charge in [-0.3, -0.25) is 4.79 Å². The van der Waals surface area contributed by atoms with E-state index in [0.29, 0.717) is 12.2 Å². The number of thioether (sulfide) groups is 2. The second-order valence-corrected chi connectivity index (χ2v) is 5.05. The van der Waals surface area contributed by atoms with Crippen LogP contribution in [0.3, 0.4) is 0 Å². The fourth-order valence-electron chi connectivity index (χ4n) is 0.995. The van der Waals surface area contributed by atoms with Crippen LogP contribution in [0.5, 0.6) is 0 Å². The highest BCUT2D eigenvalue weighted by molar-refractivity contribution is 7.98. The molecule has 0 heterocycles. The Labute approximate surface area is 103 Å². The van der Waals surface area contributed by atoms with Crippen molar-refractivity contribution in [1.82, 2.24) is 5.32 Å². The number of nitrogens with one attached hydrogen (secondary N) is 1. The molecule has 0 saturated heterocycles. The maximum absolute atomic E-state index is 11.4. The molecule has 94 valence electrons. The van der Waals surface area contributed by atoms with E-state index in [2.05, 4.69) is 5.32 Å². The lowest BCUT2D eigenvalue weighted by molar-refractivity contribution is -0.143. The highest BCUT2D eigenvalue weighted by atomic mass is 32.2. The zero-order valence-corrected chi connectivity index (χ0v) is 10.9. The molecule has 0 fully saturated rings. The molecule has 2 unspecified atom stereocenters. The van der Waals surface area contributed by atoms with Crippen molar-refractivity contribution in [3.63, 3.8) is 0 Å². The normalized spacial score (nSPS) is 14.2. The van der Waals surface area contributed by atoms with Gasteiger partial charge in [-0.15, -0.1) is 0 Å². The van der Waals surface area contributed by atoms with E-state index in [1.165, 1.54) is 23.5 Å². The summed E-state index contributed by atoms with van der Waals surface area (Å²) in [6.07, 6.45) is 2.84. The average molecular weight is 267 g/mol. The molecule has 0 aromatic heterocycles. The quantitative estimate of drug-likeness (QED) is 0.575. The number of carbonyl (C=O) groups excluding carboxylic acids is 1. The van der Waals surface area contributed by atoms with Gasteiger partial charge in [0.2, 0.25) is 5.91 Å². The van der Waals surface area contributed by atoms with Crippen molar-refractivity contribution in [2.45, 2.75) is 18.6 Å². The van der Waals surface area contributed by atoms with Gasteiger partial charge in [0.05, 0.1) is 0 Å². The second-order valence-electron chi connectivity index (χ2n) is 3.15. The molecule has 0 rings (SSSR count). The van der Waals surface area contributed by atoms with Gasteiger partial charge in [0.15, 0.2) is 0 Å². The molecule has 0 radical (unpaired) electrons. The number of hydrogen-bond acceptors (Lipinski definition) is 5. The first-order chi connectivity index (χ1) is 7.52. The zero-order valence-electron chi connectivity index (χ0n) is 9.30. The van der Waals surface area contributed by atoms with Crippen LogP contribution in [0.4, 0.5) is 0 Å². The summed E-state index contributed by atoms with van der Waals surface area (Å²) in [6, 6.07) is -0.920. The summed E-state index contributed by atoms with van der Waals surface area (Å²) in [5.41, 5.74) is 0. The summed E-state index contributed by atoms with van der Waals surface area (Å²) >= 11 is 2.84. The van der Waals surface area contributed by atoms with Gasteiger partial charge >= 0.3 is 5.97 Å². The van der Waals surface area contributed by atoms with E-state index in [1.54, 1.807) is 6.26 Å². The average Bonchev–Trinajstić information content (AvgIpc) is 2.23. The van der Waals surface area contributed by atoms with E-state index in [9.17, 15) is 14.7 Å². The number of aliphatic carboxylic acids is 1. The molecule has 0 saturated carbocycles. The molecule has 0 aromatic carbocycles. The monoisotopic (exact) mass is 267 g/mol. The molecule has 5 nitrogen and oxygen atoms in total. The van der Waals surface area contributed by atoms with E-state index >= 15 is 0 Å². The number of carbonyl (C=O) groups is 2. The van der Waals surface area contributed by atoms with Crippen molar-refractivity contribution < 1.29 is 19.8 Å². The number of hydrogen-bond donors (Lipinski definition) is 3. The first kappa shape index (κ1) is 15.6. The van der Waals surface area contributed by atoms with Crippen LogP contribution in [0.25, 0.3) is 0 Å². The molecule has 0 aliphatic carbocycles. The molecule has 2 atom stereocenters. The number of carboxylic acid groups (broad SMARTS) is 1. The van der Waals surface area contributed by atoms with Crippen LogP contribution < -0.4 is 5.32 Å². The van der Waals surface area contributed by atoms with Gasteiger partial charge in [-0.2, -0.15) is 23.5 Å². The predicted molar refractivity (Wildman–Crippen MR) is 67.0 cm³/mol. The molecular weight excluding hydrogens is 250 g/mol. The molecule has 16 heavy (non-hydrogen) atoms. The van der Waals surface area contributed by atoms with Crippen LogP contribution in [0.15, 0.2) is 0 Å². The molecule has 0 aliphatic rings. The Balaban J connectivity index is 4.17. The lowest BCUT2D eigenvalue weighted by Crippen LogP contribution is -2.46. The minimum atomic E-state index is -1.15. The molecule has 7 heteroatoms.